The van der Waals surface area contributed by atoms with E-state index in [-0.39, 0.29) is 23.9 Å². The van der Waals surface area contributed by atoms with Gasteiger partial charge in [-0.25, -0.2) is 4.98 Å². The Labute approximate surface area is 189 Å². The number of amides is 2. The second kappa shape index (κ2) is 9.55. The molecule has 1 aliphatic carbocycles. The Hall–Kier alpha value is -3.15. The van der Waals surface area contributed by atoms with Gasteiger partial charge < -0.3 is 14.6 Å². The predicted molar refractivity (Wildman–Crippen MR) is 125 cm³/mol. The molecule has 4 rings (SSSR count). The van der Waals surface area contributed by atoms with Crippen molar-refractivity contribution < 1.29 is 14.0 Å². The van der Waals surface area contributed by atoms with E-state index in [0.717, 1.165) is 42.3 Å². The molecule has 6 heteroatoms. The number of fused-ring (bicyclic) bond motifs is 1. The summed E-state index contributed by atoms with van der Waals surface area (Å²) in [5.41, 5.74) is 3.03. The fraction of sp³-hybridized carbons (Fsp3) is 0.423. The normalized spacial score (nSPS) is 19.1. The molecule has 168 valence electrons. The Kier molecular flexibility index (Phi) is 6.58. The van der Waals surface area contributed by atoms with Gasteiger partial charge in [-0.15, -0.1) is 0 Å². The number of benzene rings is 2. The lowest BCUT2D eigenvalue weighted by Gasteiger charge is -2.25. The van der Waals surface area contributed by atoms with Crippen molar-refractivity contribution in [2.45, 2.75) is 58.0 Å². The van der Waals surface area contributed by atoms with Crippen molar-refractivity contribution in [3.8, 4) is 11.5 Å². The molecule has 0 saturated heterocycles. The molecule has 3 atom stereocenters. The topological polar surface area (TPSA) is 75.4 Å². The Morgan fingerprint density at radius 1 is 1.16 bits per heavy atom. The zero-order chi connectivity index (χ0) is 22.7. The molecule has 32 heavy (non-hydrogen) atoms. The molecule has 1 fully saturated rings. The average molecular weight is 434 g/mol. The SMILES string of the molecule is CC[C@H](C)CC(=O)N[C@H]1CC[C@@H](N(C)C(=O)c2ccc(-c3nc4ccccc4o3)cc2)C1. The number of oxazole rings is 1. The van der Waals surface area contributed by atoms with Gasteiger partial charge >= 0.3 is 0 Å². The molecule has 2 amide bonds. The van der Waals surface area contributed by atoms with E-state index in [1.54, 1.807) is 0 Å². The maximum atomic E-state index is 13.0. The van der Waals surface area contributed by atoms with Gasteiger partial charge in [-0.1, -0.05) is 32.4 Å². The van der Waals surface area contributed by atoms with Crippen LogP contribution in [0.3, 0.4) is 0 Å². The molecule has 0 unspecified atom stereocenters. The van der Waals surface area contributed by atoms with Crippen LogP contribution >= 0.6 is 0 Å². The largest absolute Gasteiger partial charge is 0.436 e. The van der Waals surface area contributed by atoms with E-state index < -0.39 is 0 Å². The van der Waals surface area contributed by atoms with E-state index in [1.807, 2.05) is 60.5 Å². The third kappa shape index (κ3) is 4.85. The summed E-state index contributed by atoms with van der Waals surface area (Å²) >= 11 is 0. The van der Waals surface area contributed by atoms with E-state index in [4.69, 9.17) is 4.42 Å². The first-order valence-electron chi connectivity index (χ1n) is 11.5. The number of hydrogen-bond donors (Lipinski definition) is 1. The van der Waals surface area contributed by atoms with Gasteiger partial charge in [0.15, 0.2) is 5.58 Å². The summed E-state index contributed by atoms with van der Waals surface area (Å²) in [5.74, 6) is 1.05. The summed E-state index contributed by atoms with van der Waals surface area (Å²) in [5, 5.41) is 3.15. The minimum Gasteiger partial charge on any atom is -0.436 e. The van der Waals surface area contributed by atoms with Crippen molar-refractivity contribution in [2.24, 2.45) is 5.92 Å². The summed E-state index contributed by atoms with van der Waals surface area (Å²) in [6.45, 7) is 4.20. The number of para-hydroxylation sites is 2. The lowest BCUT2D eigenvalue weighted by Crippen LogP contribution is -2.38. The van der Waals surface area contributed by atoms with Crippen molar-refractivity contribution in [3.63, 3.8) is 0 Å². The van der Waals surface area contributed by atoms with Gasteiger partial charge in [0.05, 0.1) is 0 Å². The Morgan fingerprint density at radius 2 is 1.91 bits per heavy atom. The fourth-order valence-corrected chi connectivity index (χ4v) is 4.31. The van der Waals surface area contributed by atoms with Crippen LogP contribution in [0.4, 0.5) is 0 Å². The minimum absolute atomic E-state index is 0.00861. The number of hydrogen-bond acceptors (Lipinski definition) is 4. The molecule has 1 aromatic heterocycles. The van der Waals surface area contributed by atoms with E-state index in [2.05, 4.69) is 24.1 Å². The molecular formula is C26H31N3O3. The quantitative estimate of drug-likeness (QED) is 0.566. The number of carbonyl (C=O) groups excluding carboxylic acids is 2. The monoisotopic (exact) mass is 433 g/mol. The van der Waals surface area contributed by atoms with Crippen molar-refractivity contribution >= 4 is 22.9 Å². The molecule has 6 nitrogen and oxygen atoms in total. The van der Waals surface area contributed by atoms with E-state index in [0.29, 0.717) is 23.8 Å². The molecule has 0 bridgehead atoms. The lowest BCUT2D eigenvalue weighted by molar-refractivity contribution is -0.122. The molecule has 1 heterocycles. The van der Waals surface area contributed by atoms with Crippen LogP contribution in [0.5, 0.6) is 0 Å². The molecule has 0 radical (unpaired) electrons. The maximum Gasteiger partial charge on any atom is 0.253 e. The standard InChI is InChI=1S/C26H31N3O3/c1-4-17(2)15-24(30)27-20-13-14-21(16-20)29(3)26(31)19-11-9-18(10-12-19)25-28-22-7-5-6-8-23(22)32-25/h5-12,17,20-21H,4,13-16H2,1-3H3,(H,27,30)/t17-,20-,21+/m0/s1. The molecule has 2 aromatic carbocycles. The molecule has 1 aliphatic rings. The first kappa shape index (κ1) is 22.1. The van der Waals surface area contributed by atoms with Crippen molar-refractivity contribution in [1.82, 2.24) is 15.2 Å². The highest BCUT2D eigenvalue weighted by molar-refractivity contribution is 5.94. The van der Waals surface area contributed by atoms with Crippen molar-refractivity contribution in [2.75, 3.05) is 7.05 Å². The Bertz CT molecular complexity index is 1060. The minimum atomic E-state index is -0.00861. The average Bonchev–Trinajstić information content (AvgIpc) is 3.45. The van der Waals surface area contributed by atoms with Crippen LogP contribution in [0.15, 0.2) is 52.9 Å². The highest BCUT2D eigenvalue weighted by Crippen LogP contribution is 2.27. The zero-order valence-electron chi connectivity index (χ0n) is 19.0. The smallest absolute Gasteiger partial charge is 0.253 e. The van der Waals surface area contributed by atoms with Crippen LogP contribution in [0.2, 0.25) is 0 Å². The second-order valence-electron chi connectivity index (χ2n) is 8.93. The number of nitrogens with one attached hydrogen (secondary N) is 1. The van der Waals surface area contributed by atoms with Gasteiger partial charge in [-0.2, -0.15) is 0 Å². The van der Waals surface area contributed by atoms with Gasteiger partial charge in [0.2, 0.25) is 11.8 Å². The highest BCUT2D eigenvalue weighted by atomic mass is 16.3. The van der Waals surface area contributed by atoms with Crippen LogP contribution in [-0.2, 0) is 4.79 Å². The van der Waals surface area contributed by atoms with E-state index >= 15 is 0 Å². The number of carbonyl (C=O) groups is 2. The first-order chi connectivity index (χ1) is 15.4. The van der Waals surface area contributed by atoms with E-state index in [1.165, 1.54) is 0 Å². The number of nitrogens with zero attached hydrogens (tertiary/aromatic N) is 2. The van der Waals surface area contributed by atoms with Gasteiger partial charge in [0, 0.05) is 36.7 Å². The van der Waals surface area contributed by atoms with Crippen molar-refractivity contribution in [3.05, 3.63) is 54.1 Å². The van der Waals surface area contributed by atoms with E-state index in [9.17, 15) is 9.59 Å². The zero-order valence-corrected chi connectivity index (χ0v) is 19.0. The summed E-state index contributed by atoms with van der Waals surface area (Å²) in [6.07, 6.45) is 4.18. The molecule has 0 aliphatic heterocycles. The number of rotatable bonds is 7. The predicted octanol–water partition coefficient (Wildman–Crippen LogP) is 5.04. The summed E-state index contributed by atoms with van der Waals surface area (Å²) in [6, 6.07) is 15.3. The summed E-state index contributed by atoms with van der Waals surface area (Å²) in [4.78, 5) is 31.6. The third-order valence-electron chi connectivity index (χ3n) is 6.54. The molecule has 0 spiro atoms. The van der Waals surface area contributed by atoms with Gasteiger partial charge in [0.1, 0.15) is 5.52 Å². The highest BCUT2D eigenvalue weighted by Gasteiger charge is 2.31. The lowest BCUT2D eigenvalue weighted by atomic mass is 10.0. The molecular weight excluding hydrogens is 402 g/mol. The Morgan fingerprint density at radius 3 is 2.62 bits per heavy atom. The van der Waals surface area contributed by atoms with Gasteiger partial charge in [-0.3, -0.25) is 9.59 Å². The molecule has 3 aromatic rings. The summed E-state index contributed by atoms with van der Waals surface area (Å²) in [7, 11) is 1.85. The van der Waals surface area contributed by atoms with Crippen LogP contribution in [0, 0.1) is 5.92 Å². The van der Waals surface area contributed by atoms with Gasteiger partial charge in [-0.05, 0) is 61.6 Å². The first-order valence-corrected chi connectivity index (χ1v) is 11.5. The van der Waals surface area contributed by atoms with Crippen LogP contribution in [0.1, 0.15) is 56.3 Å². The summed E-state index contributed by atoms with van der Waals surface area (Å²) < 4.78 is 5.82. The third-order valence-corrected chi connectivity index (χ3v) is 6.54. The molecule has 1 saturated carbocycles. The fourth-order valence-electron chi connectivity index (χ4n) is 4.31. The maximum absolute atomic E-state index is 13.0. The Balaban J connectivity index is 1.36. The van der Waals surface area contributed by atoms with Crippen LogP contribution in [-0.4, -0.2) is 40.8 Å². The van der Waals surface area contributed by atoms with Crippen LogP contribution < -0.4 is 5.32 Å². The second-order valence-corrected chi connectivity index (χ2v) is 8.93. The number of aromatic nitrogens is 1. The van der Waals surface area contributed by atoms with Crippen LogP contribution in [0.25, 0.3) is 22.6 Å². The van der Waals surface area contributed by atoms with Gasteiger partial charge in [0.25, 0.3) is 5.91 Å². The van der Waals surface area contributed by atoms with Crippen molar-refractivity contribution in [1.29, 1.82) is 0 Å². The molecule has 1 N–H and O–H groups in total.